The minimum atomic E-state index is -0.346. The predicted octanol–water partition coefficient (Wildman–Crippen LogP) is 8.33. The molecule has 2 aliphatic rings. The zero-order chi connectivity index (χ0) is 34.1. The summed E-state index contributed by atoms with van der Waals surface area (Å²) in [5.41, 5.74) is 8.18. The summed E-state index contributed by atoms with van der Waals surface area (Å²) in [6, 6.07) is 31.1. The van der Waals surface area contributed by atoms with Crippen molar-refractivity contribution >= 4 is 40.5 Å². The van der Waals surface area contributed by atoms with Crippen LogP contribution in [0.5, 0.6) is 0 Å². The van der Waals surface area contributed by atoms with Gasteiger partial charge in [0.05, 0.1) is 5.69 Å². The van der Waals surface area contributed by atoms with Gasteiger partial charge in [0.15, 0.2) is 0 Å². The highest BCUT2D eigenvalue weighted by Gasteiger charge is 2.27. The second-order valence-electron chi connectivity index (χ2n) is 12.5. The van der Waals surface area contributed by atoms with Crippen LogP contribution in [0.25, 0.3) is 33.0 Å². The first-order valence-electron chi connectivity index (χ1n) is 16.3. The van der Waals surface area contributed by atoms with Crippen molar-refractivity contribution in [1.82, 2.24) is 0 Å². The fraction of sp³-hybridized carbons (Fsp3) is 0.143. The number of hydrogen-bond acceptors (Lipinski definition) is 5. The van der Waals surface area contributed by atoms with Crippen LogP contribution in [0.4, 0.5) is 10.1 Å². The largest absolute Gasteiger partial charge is 0.459 e. The highest BCUT2D eigenvalue weighted by molar-refractivity contribution is 6.28. The topological polar surface area (TPSA) is 87.5 Å². The van der Waals surface area contributed by atoms with Gasteiger partial charge < -0.3 is 10.1 Å². The summed E-state index contributed by atoms with van der Waals surface area (Å²) in [4.78, 5) is 36.9. The number of fused-ring (bicyclic) bond motifs is 1. The molecule has 49 heavy (non-hydrogen) atoms. The number of cyclic esters (lactones) is 1. The van der Waals surface area contributed by atoms with Crippen molar-refractivity contribution < 1.29 is 23.5 Å². The van der Waals surface area contributed by atoms with E-state index in [9.17, 15) is 14.4 Å². The molecule has 5 aromatic rings. The number of imide groups is 1. The van der Waals surface area contributed by atoms with Crippen LogP contribution in [0.15, 0.2) is 121 Å². The molecule has 2 aliphatic heterocycles. The third kappa shape index (κ3) is 6.61. The molecule has 6 nitrogen and oxygen atoms in total. The number of nitrogens with one attached hydrogen (secondary N) is 1. The Labute approximate surface area is 283 Å². The summed E-state index contributed by atoms with van der Waals surface area (Å²) in [7, 11) is 0. The van der Waals surface area contributed by atoms with E-state index < -0.39 is 0 Å². The summed E-state index contributed by atoms with van der Waals surface area (Å²) < 4.78 is 20.5. The molecule has 7 rings (SSSR count). The lowest BCUT2D eigenvalue weighted by atomic mass is 9.94. The van der Waals surface area contributed by atoms with Gasteiger partial charge in [0, 0.05) is 35.9 Å². The summed E-state index contributed by atoms with van der Waals surface area (Å²) >= 11 is 0. The molecule has 5 aromatic carbocycles. The van der Waals surface area contributed by atoms with Gasteiger partial charge in [0.2, 0.25) is 0 Å². The minimum absolute atomic E-state index is 0.203. The lowest BCUT2D eigenvalue weighted by molar-refractivity contribution is -0.139. The van der Waals surface area contributed by atoms with Crippen LogP contribution in [-0.2, 0) is 38.4 Å². The van der Waals surface area contributed by atoms with E-state index >= 15 is 4.39 Å². The predicted molar refractivity (Wildman–Crippen MR) is 190 cm³/mol. The van der Waals surface area contributed by atoms with Crippen LogP contribution < -0.4 is 4.90 Å². The molecule has 1 unspecified atom stereocenters. The Balaban J connectivity index is 0.990. The number of carbonyl (C=O) groups excluding carboxylic acids is 3. The van der Waals surface area contributed by atoms with Gasteiger partial charge in [-0.15, -0.1) is 0 Å². The Kier molecular flexibility index (Phi) is 8.57. The molecule has 242 valence electrons. The van der Waals surface area contributed by atoms with E-state index in [1.807, 2.05) is 48.5 Å². The summed E-state index contributed by atoms with van der Waals surface area (Å²) in [6.45, 7) is 3.72. The number of esters is 1. The first-order chi connectivity index (χ1) is 23.7. The average molecular weight is 649 g/mol. The molecule has 1 saturated heterocycles. The first kappa shape index (κ1) is 31.6. The van der Waals surface area contributed by atoms with E-state index in [0.29, 0.717) is 36.1 Å². The van der Waals surface area contributed by atoms with Gasteiger partial charge in [-0.2, -0.15) is 0 Å². The van der Waals surface area contributed by atoms with E-state index in [0.717, 1.165) is 57.0 Å². The molecule has 1 atom stereocenters. The molecular formula is C42H33FN2O4. The number of nitrogens with zero attached hydrogens (tertiary/aromatic N) is 1. The quantitative estimate of drug-likeness (QED) is 0.0714. The Morgan fingerprint density at radius 1 is 0.755 bits per heavy atom. The van der Waals surface area contributed by atoms with Gasteiger partial charge in [-0.1, -0.05) is 73.3 Å². The number of ether oxygens (including phenoxy) is 1. The van der Waals surface area contributed by atoms with E-state index in [4.69, 9.17) is 10.1 Å². The third-order valence-corrected chi connectivity index (χ3v) is 9.30. The van der Waals surface area contributed by atoms with E-state index in [2.05, 4.69) is 36.9 Å². The summed E-state index contributed by atoms with van der Waals surface area (Å²) in [6.07, 6.45) is 6.95. The van der Waals surface area contributed by atoms with Crippen molar-refractivity contribution in [2.24, 2.45) is 0 Å². The van der Waals surface area contributed by atoms with Crippen LogP contribution in [0.2, 0.25) is 0 Å². The lowest BCUT2D eigenvalue weighted by Crippen LogP contribution is -2.29. The highest BCUT2D eigenvalue weighted by atomic mass is 19.1. The van der Waals surface area contributed by atoms with Gasteiger partial charge in [0.1, 0.15) is 11.9 Å². The van der Waals surface area contributed by atoms with Crippen LogP contribution in [0.1, 0.15) is 35.1 Å². The van der Waals surface area contributed by atoms with Gasteiger partial charge >= 0.3 is 5.97 Å². The molecule has 0 radical (unpaired) electrons. The summed E-state index contributed by atoms with van der Waals surface area (Å²) in [5, 5.41) is 9.99. The van der Waals surface area contributed by atoms with Gasteiger partial charge in [-0.05, 0) is 106 Å². The van der Waals surface area contributed by atoms with Gasteiger partial charge in [-0.3, -0.25) is 9.59 Å². The summed E-state index contributed by atoms with van der Waals surface area (Å²) in [5.74, 6) is -1.33. The number of aryl methyl sites for hydroxylation is 3. The van der Waals surface area contributed by atoms with Crippen LogP contribution in [0.3, 0.4) is 0 Å². The number of benzene rings is 5. The molecule has 0 aromatic heterocycles. The Hall–Kier alpha value is -5.95. The molecular weight excluding hydrogens is 615 g/mol. The van der Waals surface area contributed by atoms with Crippen molar-refractivity contribution in [3.8, 4) is 22.3 Å². The minimum Gasteiger partial charge on any atom is -0.459 e. The first-order valence-corrected chi connectivity index (χ1v) is 16.3. The second kappa shape index (κ2) is 13.3. The molecule has 0 aliphatic carbocycles. The molecule has 1 fully saturated rings. The average Bonchev–Trinajstić information content (AvgIpc) is 3.63. The number of amides is 2. The molecule has 2 heterocycles. The third-order valence-electron chi connectivity index (χ3n) is 9.30. The number of rotatable bonds is 10. The van der Waals surface area contributed by atoms with Crippen molar-refractivity contribution in [3.63, 3.8) is 0 Å². The standard InChI is InChI=1S/C42H33FN2O4/c1-26-20-37(49-42(26)48)16-5-28-6-17-38(39(43)21-28)34-13-10-30(35(23-34)25-44)9-4-27-2-7-29(8-3-27)31-11-12-33-24-36(15-14-32(33)22-31)45-40(46)18-19-41(45)47/h2-3,6-8,10-15,17-19,21-25,37,44H,1,4-5,9,16,20H2. The molecule has 0 spiro atoms. The van der Waals surface area contributed by atoms with Crippen molar-refractivity contribution in [2.75, 3.05) is 4.90 Å². The van der Waals surface area contributed by atoms with Crippen LogP contribution >= 0.6 is 0 Å². The van der Waals surface area contributed by atoms with Crippen molar-refractivity contribution in [1.29, 1.82) is 5.41 Å². The van der Waals surface area contributed by atoms with Gasteiger partial charge in [0.25, 0.3) is 11.8 Å². The molecule has 2 amide bonds. The molecule has 1 N–H and O–H groups in total. The Morgan fingerprint density at radius 2 is 1.45 bits per heavy atom. The maximum atomic E-state index is 15.2. The fourth-order valence-corrected chi connectivity index (χ4v) is 6.55. The Morgan fingerprint density at radius 3 is 2.16 bits per heavy atom. The van der Waals surface area contributed by atoms with Crippen LogP contribution in [-0.4, -0.2) is 30.1 Å². The van der Waals surface area contributed by atoms with E-state index in [-0.39, 0.29) is 29.7 Å². The number of hydrogen-bond donors (Lipinski definition) is 1. The highest BCUT2D eigenvalue weighted by Crippen LogP contribution is 2.31. The zero-order valence-electron chi connectivity index (χ0n) is 26.7. The molecule has 0 saturated carbocycles. The zero-order valence-corrected chi connectivity index (χ0v) is 26.7. The number of anilines is 1. The number of carbonyl (C=O) groups is 3. The van der Waals surface area contributed by atoms with Crippen molar-refractivity contribution in [3.05, 3.63) is 149 Å². The van der Waals surface area contributed by atoms with Crippen LogP contribution in [0, 0.1) is 11.2 Å². The van der Waals surface area contributed by atoms with E-state index in [1.165, 1.54) is 34.9 Å². The maximum absolute atomic E-state index is 15.2. The fourth-order valence-electron chi connectivity index (χ4n) is 6.55. The monoisotopic (exact) mass is 648 g/mol. The normalized spacial score (nSPS) is 15.8. The van der Waals surface area contributed by atoms with E-state index in [1.54, 1.807) is 12.1 Å². The number of halogens is 1. The molecule has 7 heteroatoms. The maximum Gasteiger partial charge on any atom is 0.333 e. The SMILES string of the molecule is C=C1CC(CCc2ccc(-c3ccc(CCc4ccc(-c5ccc6cc(N7C(=O)C=CC7=O)ccc6c5)cc4)c(C=N)c3)c(F)c2)OC1=O. The lowest BCUT2D eigenvalue weighted by Gasteiger charge is -2.15. The van der Waals surface area contributed by atoms with Gasteiger partial charge in [-0.25, -0.2) is 14.1 Å². The Bertz CT molecular complexity index is 2170. The smallest absolute Gasteiger partial charge is 0.333 e. The molecule has 0 bridgehead atoms. The van der Waals surface area contributed by atoms with Crippen molar-refractivity contribution in [2.45, 2.75) is 38.2 Å². The second-order valence-corrected chi connectivity index (χ2v) is 12.5.